The van der Waals surface area contributed by atoms with Gasteiger partial charge in [0.2, 0.25) is 0 Å². The second-order valence-corrected chi connectivity index (χ2v) is 6.65. The van der Waals surface area contributed by atoms with E-state index in [0.29, 0.717) is 15.6 Å². The molecule has 142 valence electrons. The molecule has 2 rings (SSSR count). The van der Waals surface area contributed by atoms with Gasteiger partial charge >= 0.3 is 5.97 Å². The minimum Gasteiger partial charge on any atom is -0.452 e. The third kappa shape index (κ3) is 5.42. The van der Waals surface area contributed by atoms with Gasteiger partial charge < -0.3 is 9.64 Å². The summed E-state index contributed by atoms with van der Waals surface area (Å²) in [6.07, 6.45) is 0. The SMILES string of the molecule is Cc1cc(C(=O)OCC(=O)N(C)Cc2ccc(Cl)c(Cl)c2)ccc1[N+](=O)[O-]. The minimum atomic E-state index is -0.732. The molecule has 27 heavy (non-hydrogen) atoms. The lowest BCUT2D eigenvalue weighted by Gasteiger charge is -2.17. The van der Waals surface area contributed by atoms with Crippen LogP contribution in [0.4, 0.5) is 5.69 Å². The van der Waals surface area contributed by atoms with Crippen LogP contribution in [-0.2, 0) is 16.1 Å². The summed E-state index contributed by atoms with van der Waals surface area (Å²) in [6.45, 7) is 1.34. The topological polar surface area (TPSA) is 89.8 Å². The number of carbonyl (C=O) groups excluding carboxylic acids is 2. The number of amides is 1. The monoisotopic (exact) mass is 410 g/mol. The maximum absolute atomic E-state index is 12.1. The molecule has 7 nitrogen and oxygen atoms in total. The number of aryl methyl sites for hydroxylation is 1. The molecule has 0 aliphatic carbocycles. The predicted octanol–water partition coefficient (Wildman–Crippen LogP) is 4.03. The lowest BCUT2D eigenvalue weighted by atomic mass is 10.1. The maximum Gasteiger partial charge on any atom is 0.338 e. The molecule has 0 aliphatic heterocycles. The highest BCUT2D eigenvalue weighted by Crippen LogP contribution is 2.23. The molecule has 0 aromatic heterocycles. The Morgan fingerprint density at radius 2 is 1.85 bits per heavy atom. The zero-order valence-corrected chi connectivity index (χ0v) is 16.1. The molecule has 0 fully saturated rings. The van der Waals surface area contributed by atoms with E-state index in [1.807, 2.05) is 0 Å². The maximum atomic E-state index is 12.1. The van der Waals surface area contributed by atoms with Crippen LogP contribution in [0.25, 0.3) is 0 Å². The number of likely N-dealkylation sites (N-methyl/N-ethyl adjacent to an activating group) is 1. The van der Waals surface area contributed by atoms with Crippen molar-refractivity contribution in [1.29, 1.82) is 0 Å². The fourth-order valence-corrected chi connectivity index (χ4v) is 2.63. The second kappa shape index (κ2) is 8.83. The normalized spacial score (nSPS) is 10.4. The third-order valence-corrected chi connectivity index (χ3v) is 4.52. The fourth-order valence-electron chi connectivity index (χ4n) is 2.31. The van der Waals surface area contributed by atoms with Gasteiger partial charge in [-0.2, -0.15) is 0 Å². The smallest absolute Gasteiger partial charge is 0.338 e. The number of nitro groups is 1. The van der Waals surface area contributed by atoms with Crippen LogP contribution >= 0.6 is 23.2 Å². The lowest BCUT2D eigenvalue weighted by molar-refractivity contribution is -0.385. The first-order valence-corrected chi connectivity index (χ1v) is 8.54. The number of carbonyl (C=O) groups is 2. The molecule has 0 N–H and O–H groups in total. The zero-order chi connectivity index (χ0) is 20.1. The molecule has 0 saturated carbocycles. The Balaban J connectivity index is 1.93. The Kier molecular flexibility index (Phi) is 6.76. The first-order chi connectivity index (χ1) is 12.7. The summed E-state index contributed by atoms with van der Waals surface area (Å²) in [7, 11) is 1.56. The fraction of sp³-hybridized carbons (Fsp3) is 0.222. The Hall–Kier alpha value is -2.64. The molecule has 0 spiro atoms. The second-order valence-electron chi connectivity index (χ2n) is 5.83. The average molecular weight is 411 g/mol. The van der Waals surface area contributed by atoms with Gasteiger partial charge in [0.05, 0.1) is 20.5 Å². The number of rotatable bonds is 6. The molecular weight excluding hydrogens is 395 g/mol. The molecule has 0 bridgehead atoms. The molecule has 0 radical (unpaired) electrons. The van der Waals surface area contributed by atoms with Crippen molar-refractivity contribution in [1.82, 2.24) is 4.90 Å². The van der Waals surface area contributed by atoms with E-state index in [0.717, 1.165) is 5.56 Å². The summed E-state index contributed by atoms with van der Waals surface area (Å²) < 4.78 is 5.00. The van der Waals surface area contributed by atoms with Gasteiger partial charge in [-0.1, -0.05) is 29.3 Å². The number of benzene rings is 2. The van der Waals surface area contributed by atoms with Gasteiger partial charge in [-0.3, -0.25) is 14.9 Å². The number of nitrogens with zero attached hydrogens (tertiary/aromatic N) is 2. The Morgan fingerprint density at radius 3 is 2.44 bits per heavy atom. The molecule has 0 aliphatic rings. The molecule has 2 aromatic rings. The van der Waals surface area contributed by atoms with Crippen LogP contribution in [-0.4, -0.2) is 35.4 Å². The summed E-state index contributed by atoms with van der Waals surface area (Å²) in [5.41, 5.74) is 1.15. The highest BCUT2D eigenvalue weighted by molar-refractivity contribution is 6.42. The van der Waals surface area contributed by atoms with Crippen LogP contribution < -0.4 is 0 Å². The summed E-state index contributed by atoms with van der Waals surface area (Å²) in [4.78, 5) is 35.8. The Bertz CT molecular complexity index is 901. The highest BCUT2D eigenvalue weighted by Gasteiger charge is 2.17. The molecule has 2 aromatic carbocycles. The molecule has 0 atom stereocenters. The number of ether oxygens (including phenoxy) is 1. The Labute approximate surface area is 165 Å². The predicted molar refractivity (Wildman–Crippen MR) is 101 cm³/mol. The van der Waals surface area contributed by atoms with Gasteiger partial charge in [-0.15, -0.1) is 0 Å². The number of esters is 1. The van der Waals surface area contributed by atoms with Crippen LogP contribution in [0, 0.1) is 17.0 Å². The zero-order valence-electron chi connectivity index (χ0n) is 14.6. The molecule has 9 heteroatoms. The first-order valence-electron chi connectivity index (χ1n) is 7.79. The highest BCUT2D eigenvalue weighted by atomic mass is 35.5. The van der Waals surface area contributed by atoms with E-state index in [9.17, 15) is 19.7 Å². The van der Waals surface area contributed by atoms with Crippen molar-refractivity contribution in [3.8, 4) is 0 Å². The van der Waals surface area contributed by atoms with E-state index in [1.54, 1.807) is 25.2 Å². The number of hydrogen-bond donors (Lipinski definition) is 0. The molecule has 0 saturated heterocycles. The summed E-state index contributed by atoms with van der Waals surface area (Å²) in [6, 6.07) is 8.89. The van der Waals surface area contributed by atoms with Crippen LogP contribution in [0.1, 0.15) is 21.5 Å². The van der Waals surface area contributed by atoms with Gasteiger partial charge in [-0.25, -0.2) is 4.79 Å². The van der Waals surface area contributed by atoms with E-state index in [1.165, 1.54) is 30.0 Å². The number of nitro benzene ring substituents is 1. The van der Waals surface area contributed by atoms with Crippen molar-refractivity contribution < 1.29 is 19.2 Å². The first kappa shape index (κ1) is 20.7. The van der Waals surface area contributed by atoms with Crippen LogP contribution in [0.2, 0.25) is 10.0 Å². The Morgan fingerprint density at radius 1 is 1.15 bits per heavy atom. The lowest BCUT2D eigenvalue weighted by Crippen LogP contribution is -2.30. The molecule has 1 amide bonds. The van der Waals surface area contributed by atoms with Gasteiger partial charge in [0.25, 0.3) is 11.6 Å². The summed E-state index contributed by atoms with van der Waals surface area (Å²) in [5, 5.41) is 11.6. The van der Waals surface area contributed by atoms with Crippen LogP contribution in [0.15, 0.2) is 36.4 Å². The van der Waals surface area contributed by atoms with Crippen molar-refractivity contribution in [3.63, 3.8) is 0 Å². The minimum absolute atomic E-state index is 0.0935. The van der Waals surface area contributed by atoms with Crippen molar-refractivity contribution in [2.75, 3.05) is 13.7 Å². The third-order valence-electron chi connectivity index (χ3n) is 3.79. The van der Waals surface area contributed by atoms with E-state index < -0.39 is 23.4 Å². The largest absolute Gasteiger partial charge is 0.452 e. The van der Waals surface area contributed by atoms with E-state index in [2.05, 4.69) is 0 Å². The quantitative estimate of drug-likeness (QED) is 0.407. The number of hydrogen-bond acceptors (Lipinski definition) is 5. The van der Waals surface area contributed by atoms with Gasteiger partial charge in [0.1, 0.15) is 0 Å². The van der Waals surface area contributed by atoms with Crippen molar-refractivity contribution in [2.45, 2.75) is 13.5 Å². The van der Waals surface area contributed by atoms with Gasteiger partial charge in [-0.05, 0) is 36.8 Å². The van der Waals surface area contributed by atoms with Gasteiger partial charge in [0.15, 0.2) is 6.61 Å². The van der Waals surface area contributed by atoms with Crippen molar-refractivity contribution >= 4 is 40.8 Å². The standard InChI is InChI=1S/C18H16Cl2N2O5/c1-11-7-13(4-6-16(11)22(25)26)18(24)27-10-17(23)21(2)9-12-3-5-14(19)15(20)8-12/h3-8H,9-10H2,1-2H3. The van der Waals surface area contributed by atoms with Crippen LogP contribution in [0.5, 0.6) is 0 Å². The van der Waals surface area contributed by atoms with Crippen molar-refractivity contribution in [3.05, 3.63) is 73.2 Å². The van der Waals surface area contributed by atoms with E-state index in [-0.39, 0.29) is 17.8 Å². The van der Waals surface area contributed by atoms with Gasteiger partial charge in [0, 0.05) is 25.2 Å². The van der Waals surface area contributed by atoms with E-state index >= 15 is 0 Å². The summed E-state index contributed by atoms with van der Waals surface area (Å²) in [5.74, 6) is -1.14. The molecular formula is C18H16Cl2N2O5. The molecule has 0 unspecified atom stereocenters. The summed E-state index contributed by atoms with van der Waals surface area (Å²) >= 11 is 11.8. The average Bonchev–Trinajstić information content (AvgIpc) is 2.61. The van der Waals surface area contributed by atoms with Crippen LogP contribution in [0.3, 0.4) is 0 Å². The number of halogens is 2. The molecule has 0 heterocycles. The van der Waals surface area contributed by atoms with Crippen molar-refractivity contribution in [2.24, 2.45) is 0 Å². The van der Waals surface area contributed by atoms with E-state index in [4.69, 9.17) is 27.9 Å².